The zero-order chi connectivity index (χ0) is 12.9. The summed E-state index contributed by atoms with van der Waals surface area (Å²) in [6.45, 7) is 6.51. The Balaban J connectivity index is 2.63. The van der Waals surface area contributed by atoms with Gasteiger partial charge in [0, 0.05) is 23.5 Å². The molecule has 0 amide bonds. The van der Waals surface area contributed by atoms with E-state index in [0.717, 1.165) is 13.1 Å². The molecule has 0 spiro atoms. The van der Waals surface area contributed by atoms with Gasteiger partial charge in [-0.3, -0.25) is 4.90 Å². The predicted octanol–water partition coefficient (Wildman–Crippen LogP) is 2.84. The van der Waals surface area contributed by atoms with Crippen molar-refractivity contribution in [2.24, 2.45) is 0 Å². The molecule has 0 aliphatic carbocycles. The minimum Gasteiger partial charge on any atom is -0.318 e. The van der Waals surface area contributed by atoms with Crippen molar-refractivity contribution in [3.8, 4) is 0 Å². The van der Waals surface area contributed by atoms with Crippen molar-refractivity contribution in [2.45, 2.75) is 30.8 Å². The molecule has 3 heteroatoms. The van der Waals surface area contributed by atoms with Crippen molar-refractivity contribution in [3.63, 3.8) is 0 Å². The quantitative estimate of drug-likeness (QED) is 0.784. The van der Waals surface area contributed by atoms with Gasteiger partial charge in [-0.05, 0) is 51.9 Å². The zero-order valence-corrected chi connectivity index (χ0v) is 12.4. The Morgan fingerprint density at radius 1 is 1.24 bits per heavy atom. The normalized spacial score (nSPS) is 12.1. The first kappa shape index (κ1) is 14.6. The maximum absolute atomic E-state index is 3.25. The molecule has 1 aromatic carbocycles. The number of nitrogens with one attached hydrogen (secondary N) is 1. The molecule has 0 saturated heterocycles. The second-order valence-electron chi connectivity index (χ2n) is 5.05. The molecule has 0 heterocycles. The van der Waals surface area contributed by atoms with Crippen LogP contribution in [-0.2, 0) is 6.54 Å². The molecule has 0 bridgehead atoms. The van der Waals surface area contributed by atoms with E-state index in [4.69, 9.17) is 0 Å². The molecule has 0 aliphatic heterocycles. The summed E-state index contributed by atoms with van der Waals surface area (Å²) in [5.41, 5.74) is 1.54. The van der Waals surface area contributed by atoms with Gasteiger partial charge in [0.1, 0.15) is 0 Å². The number of likely N-dealkylation sites (N-methyl/N-ethyl adjacent to an activating group) is 2. The van der Waals surface area contributed by atoms with Crippen molar-refractivity contribution in [1.82, 2.24) is 10.2 Å². The molecule has 0 saturated carbocycles. The Labute approximate surface area is 110 Å². The highest BCUT2D eigenvalue weighted by Crippen LogP contribution is 2.18. The van der Waals surface area contributed by atoms with Gasteiger partial charge in [-0.25, -0.2) is 0 Å². The molecule has 0 atom stereocenters. The topological polar surface area (TPSA) is 15.3 Å². The van der Waals surface area contributed by atoms with Gasteiger partial charge in [0.05, 0.1) is 0 Å². The van der Waals surface area contributed by atoms with Crippen LogP contribution in [0.3, 0.4) is 0 Å². The summed E-state index contributed by atoms with van der Waals surface area (Å²) >= 11 is 1.79. The molecular weight excluding hydrogens is 228 g/mol. The Morgan fingerprint density at radius 2 is 1.82 bits per heavy atom. The molecule has 96 valence electrons. The Kier molecular flexibility index (Phi) is 5.50. The molecular formula is C14H24N2S. The van der Waals surface area contributed by atoms with Crippen LogP contribution in [0.5, 0.6) is 0 Å². The van der Waals surface area contributed by atoms with E-state index in [1.807, 2.05) is 7.05 Å². The van der Waals surface area contributed by atoms with Gasteiger partial charge >= 0.3 is 0 Å². The van der Waals surface area contributed by atoms with Crippen LogP contribution >= 0.6 is 11.8 Å². The van der Waals surface area contributed by atoms with Crippen LogP contribution in [0.4, 0.5) is 0 Å². The van der Waals surface area contributed by atoms with Crippen LogP contribution < -0.4 is 5.32 Å². The molecule has 0 unspecified atom stereocenters. The number of rotatable bonds is 6. The van der Waals surface area contributed by atoms with Crippen LogP contribution in [0.15, 0.2) is 29.2 Å². The predicted molar refractivity (Wildman–Crippen MR) is 77.7 cm³/mol. The molecule has 0 aromatic heterocycles. The van der Waals surface area contributed by atoms with E-state index in [2.05, 4.69) is 61.6 Å². The summed E-state index contributed by atoms with van der Waals surface area (Å²) in [6.07, 6.45) is 2.11. The van der Waals surface area contributed by atoms with Gasteiger partial charge in [-0.15, -0.1) is 11.8 Å². The third-order valence-corrected chi connectivity index (χ3v) is 3.97. The fourth-order valence-corrected chi connectivity index (χ4v) is 2.19. The van der Waals surface area contributed by atoms with Crippen molar-refractivity contribution in [2.75, 3.05) is 26.9 Å². The molecule has 1 rings (SSSR count). The lowest BCUT2D eigenvalue weighted by Crippen LogP contribution is -2.47. The van der Waals surface area contributed by atoms with Crippen molar-refractivity contribution < 1.29 is 0 Å². The highest BCUT2D eigenvalue weighted by molar-refractivity contribution is 7.98. The second-order valence-corrected chi connectivity index (χ2v) is 5.93. The maximum atomic E-state index is 3.25. The van der Waals surface area contributed by atoms with E-state index < -0.39 is 0 Å². The van der Waals surface area contributed by atoms with E-state index in [1.165, 1.54) is 10.5 Å². The minimum atomic E-state index is 0.174. The van der Waals surface area contributed by atoms with E-state index in [-0.39, 0.29) is 5.54 Å². The minimum absolute atomic E-state index is 0.174. The molecule has 1 N–H and O–H groups in total. The average molecular weight is 252 g/mol. The molecule has 1 aromatic rings. The first-order valence-electron chi connectivity index (χ1n) is 5.98. The van der Waals surface area contributed by atoms with Gasteiger partial charge in [0.15, 0.2) is 0 Å². The van der Waals surface area contributed by atoms with Gasteiger partial charge in [-0.1, -0.05) is 12.1 Å². The van der Waals surface area contributed by atoms with E-state index in [1.54, 1.807) is 11.8 Å². The fraction of sp³-hybridized carbons (Fsp3) is 0.571. The SMILES string of the molecule is CNCC(C)(C)N(C)Cc1ccc(SC)cc1. The van der Waals surface area contributed by atoms with Gasteiger partial charge < -0.3 is 5.32 Å². The third-order valence-electron chi connectivity index (χ3n) is 3.22. The van der Waals surface area contributed by atoms with Crippen molar-refractivity contribution in [1.29, 1.82) is 0 Å². The van der Waals surface area contributed by atoms with Crippen LogP contribution in [0.1, 0.15) is 19.4 Å². The largest absolute Gasteiger partial charge is 0.318 e. The molecule has 2 nitrogen and oxygen atoms in total. The number of thioether (sulfide) groups is 1. The second kappa shape index (κ2) is 6.43. The lowest BCUT2D eigenvalue weighted by Gasteiger charge is -2.35. The summed E-state index contributed by atoms with van der Waals surface area (Å²) in [4.78, 5) is 3.71. The first-order valence-corrected chi connectivity index (χ1v) is 7.21. The average Bonchev–Trinajstić information content (AvgIpc) is 2.30. The molecule has 0 aliphatic rings. The van der Waals surface area contributed by atoms with Crippen LogP contribution in [0.2, 0.25) is 0 Å². The fourth-order valence-electron chi connectivity index (χ4n) is 1.79. The van der Waals surface area contributed by atoms with E-state index in [0.29, 0.717) is 0 Å². The number of benzene rings is 1. The summed E-state index contributed by atoms with van der Waals surface area (Å²) < 4.78 is 0. The van der Waals surface area contributed by atoms with Gasteiger partial charge in [-0.2, -0.15) is 0 Å². The Bertz CT molecular complexity index is 333. The van der Waals surface area contributed by atoms with Crippen molar-refractivity contribution >= 4 is 11.8 Å². The zero-order valence-electron chi connectivity index (χ0n) is 11.6. The summed E-state index contributed by atoms with van der Waals surface area (Å²) in [5, 5.41) is 3.25. The number of nitrogens with zero attached hydrogens (tertiary/aromatic N) is 1. The van der Waals surface area contributed by atoms with Crippen LogP contribution in [0.25, 0.3) is 0 Å². The summed E-state index contributed by atoms with van der Waals surface area (Å²) in [7, 11) is 4.18. The highest BCUT2D eigenvalue weighted by Gasteiger charge is 2.22. The lowest BCUT2D eigenvalue weighted by atomic mass is 10.0. The summed E-state index contributed by atoms with van der Waals surface area (Å²) in [5.74, 6) is 0. The monoisotopic (exact) mass is 252 g/mol. The lowest BCUT2D eigenvalue weighted by molar-refractivity contribution is 0.147. The number of hydrogen-bond acceptors (Lipinski definition) is 3. The molecule has 0 fully saturated rings. The molecule has 0 radical (unpaired) electrons. The van der Waals surface area contributed by atoms with Gasteiger partial charge in [0.25, 0.3) is 0 Å². The van der Waals surface area contributed by atoms with E-state index in [9.17, 15) is 0 Å². The highest BCUT2D eigenvalue weighted by atomic mass is 32.2. The standard InChI is InChI=1S/C14H24N2S/c1-14(2,11-15-3)16(4)10-12-6-8-13(17-5)9-7-12/h6-9,15H,10-11H2,1-5H3. The maximum Gasteiger partial charge on any atom is 0.0278 e. The third kappa shape index (κ3) is 4.34. The Hall–Kier alpha value is -0.510. The van der Waals surface area contributed by atoms with E-state index >= 15 is 0 Å². The van der Waals surface area contributed by atoms with Crippen LogP contribution in [0, 0.1) is 0 Å². The first-order chi connectivity index (χ1) is 7.99. The number of hydrogen-bond donors (Lipinski definition) is 1. The van der Waals surface area contributed by atoms with Gasteiger partial charge in [0.2, 0.25) is 0 Å². The Morgan fingerprint density at radius 3 is 2.29 bits per heavy atom. The van der Waals surface area contributed by atoms with Crippen LogP contribution in [-0.4, -0.2) is 37.3 Å². The van der Waals surface area contributed by atoms with Crippen molar-refractivity contribution in [3.05, 3.63) is 29.8 Å². The molecule has 17 heavy (non-hydrogen) atoms. The smallest absolute Gasteiger partial charge is 0.0278 e. The summed E-state index contributed by atoms with van der Waals surface area (Å²) in [6, 6.07) is 8.83.